The molecule has 4 heterocycles. The lowest BCUT2D eigenvalue weighted by molar-refractivity contribution is -0.127. The number of rotatable bonds is 10. The fourth-order valence-corrected chi connectivity index (χ4v) is 5.04. The van der Waals surface area contributed by atoms with Crippen LogP contribution in [0, 0.1) is 0 Å². The van der Waals surface area contributed by atoms with Gasteiger partial charge in [-0.15, -0.1) is 5.10 Å². The molecular formula is C28H30ClN9O4. The van der Waals surface area contributed by atoms with Gasteiger partial charge in [0.1, 0.15) is 23.9 Å². The highest BCUT2D eigenvalue weighted by Gasteiger charge is 2.33. The van der Waals surface area contributed by atoms with E-state index in [2.05, 4.69) is 35.7 Å². The number of hydrogen-bond donors (Lipinski definition) is 1. The summed E-state index contributed by atoms with van der Waals surface area (Å²) in [6.45, 7) is 5.60. The monoisotopic (exact) mass is 591 g/mol. The molecule has 0 radical (unpaired) electrons. The summed E-state index contributed by atoms with van der Waals surface area (Å²) >= 11 is 6.40. The van der Waals surface area contributed by atoms with Crippen LogP contribution in [-0.4, -0.2) is 93.1 Å². The first-order valence-electron chi connectivity index (χ1n) is 13.5. The standard InChI is InChI=1S/C28H30ClN9O4/c1-18(13-37-17-32-34-35-37)42-25-9-19(3-5-23(25)29)20-11-30-28(31-12-20)33-24-6-4-21(10-26(24)40-2)38-8-7-36(14-27(38)39)22-15-41-16-22/h3-6,9-12,17-18,22H,7-8,13-16H2,1-2H3,(H,30,31,33). The second kappa shape index (κ2) is 12.3. The van der Waals surface area contributed by atoms with Crippen LogP contribution >= 0.6 is 11.6 Å². The Hall–Kier alpha value is -4.33. The summed E-state index contributed by atoms with van der Waals surface area (Å²) in [6, 6.07) is 11.5. The third-order valence-electron chi connectivity index (χ3n) is 7.21. The number of benzene rings is 2. The minimum absolute atomic E-state index is 0.0626. The van der Waals surface area contributed by atoms with Crippen LogP contribution in [0.3, 0.4) is 0 Å². The van der Waals surface area contributed by atoms with Gasteiger partial charge >= 0.3 is 0 Å². The Kier molecular flexibility index (Phi) is 8.13. The molecule has 2 aliphatic rings. The van der Waals surface area contributed by atoms with Crippen LogP contribution in [0.1, 0.15) is 6.92 Å². The molecule has 2 aromatic heterocycles. The van der Waals surface area contributed by atoms with Gasteiger partial charge in [-0.1, -0.05) is 17.7 Å². The maximum absolute atomic E-state index is 12.9. The third-order valence-corrected chi connectivity index (χ3v) is 7.52. The Morgan fingerprint density at radius 3 is 2.62 bits per heavy atom. The average Bonchev–Trinajstić information content (AvgIpc) is 3.47. The zero-order chi connectivity index (χ0) is 29.1. The van der Waals surface area contributed by atoms with Crippen molar-refractivity contribution in [1.82, 2.24) is 35.1 Å². The zero-order valence-electron chi connectivity index (χ0n) is 23.2. The lowest BCUT2D eigenvalue weighted by Gasteiger charge is -2.42. The first-order chi connectivity index (χ1) is 20.5. The SMILES string of the molecule is COc1cc(N2CCN(C3COC3)CC2=O)ccc1Nc1ncc(-c2ccc(Cl)c(OC(C)Cn3cnnn3)c2)cn1. The molecule has 1 atom stereocenters. The summed E-state index contributed by atoms with van der Waals surface area (Å²) in [6.07, 6.45) is 4.76. The van der Waals surface area contributed by atoms with Gasteiger partial charge in [-0.2, -0.15) is 0 Å². The molecule has 2 fully saturated rings. The predicted octanol–water partition coefficient (Wildman–Crippen LogP) is 3.05. The van der Waals surface area contributed by atoms with Gasteiger partial charge in [0, 0.05) is 42.8 Å². The lowest BCUT2D eigenvalue weighted by atomic mass is 10.1. The molecule has 0 spiro atoms. The van der Waals surface area contributed by atoms with E-state index in [1.165, 1.54) is 6.33 Å². The van der Waals surface area contributed by atoms with E-state index in [9.17, 15) is 4.79 Å². The number of carbonyl (C=O) groups is 1. The van der Waals surface area contributed by atoms with Gasteiger partial charge in [0.15, 0.2) is 0 Å². The number of aromatic nitrogens is 6. The van der Waals surface area contributed by atoms with Crippen molar-refractivity contribution in [3.05, 3.63) is 60.1 Å². The summed E-state index contributed by atoms with van der Waals surface area (Å²) in [7, 11) is 1.59. The summed E-state index contributed by atoms with van der Waals surface area (Å²) in [5, 5.41) is 14.9. The maximum Gasteiger partial charge on any atom is 0.241 e. The quantitative estimate of drug-likeness (QED) is 0.292. The second-order valence-corrected chi connectivity index (χ2v) is 10.5. The van der Waals surface area contributed by atoms with Gasteiger partial charge in [0.05, 0.1) is 50.2 Å². The van der Waals surface area contributed by atoms with E-state index in [1.54, 1.807) is 35.2 Å². The molecule has 4 aromatic rings. The van der Waals surface area contributed by atoms with Crippen molar-refractivity contribution in [2.45, 2.75) is 25.6 Å². The number of piperazine rings is 1. The predicted molar refractivity (Wildman–Crippen MR) is 155 cm³/mol. The minimum Gasteiger partial charge on any atom is -0.494 e. The van der Waals surface area contributed by atoms with Crippen molar-refractivity contribution in [2.24, 2.45) is 0 Å². The number of halogens is 1. The van der Waals surface area contributed by atoms with Crippen LogP contribution < -0.4 is 19.7 Å². The largest absolute Gasteiger partial charge is 0.494 e. The van der Waals surface area contributed by atoms with E-state index >= 15 is 0 Å². The molecule has 1 unspecified atom stereocenters. The Morgan fingerprint density at radius 1 is 1.10 bits per heavy atom. The van der Waals surface area contributed by atoms with Crippen molar-refractivity contribution in [3.63, 3.8) is 0 Å². The minimum atomic E-state index is -0.212. The number of nitrogens with zero attached hydrogens (tertiary/aromatic N) is 8. The van der Waals surface area contributed by atoms with Gasteiger partial charge in [-0.05, 0) is 47.2 Å². The number of anilines is 3. The normalized spacial score (nSPS) is 16.6. The number of methoxy groups -OCH3 is 1. The lowest BCUT2D eigenvalue weighted by Crippen LogP contribution is -2.58. The van der Waals surface area contributed by atoms with Gasteiger partial charge < -0.3 is 24.4 Å². The first kappa shape index (κ1) is 27.8. The number of nitrogens with one attached hydrogen (secondary N) is 1. The molecular weight excluding hydrogens is 562 g/mol. The van der Waals surface area contributed by atoms with Crippen LogP contribution in [0.5, 0.6) is 11.5 Å². The van der Waals surface area contributed by atoms with Gasteiger partial charge in [0.2, 0.25) is 11.9 Å². The molecule has 2 aromatic carbocycles. The molecule has 0 saturated carbocycles. The summed E-state index contributed by atoms with van der Waals surface area (Å²) < 4.78 is 18.5. The summed E-state index contributed by atoms with van der Waals surface area (Å²) in [5.41, 5.74) is 3.12. The molecule has 42 heavy (non-hydrogen) atoms. The van der Waals surface area contributed by atoms with Crippen LogP contribution in [0.4, 0.5) is 17.3 Å². The van der Waals surface area contributed by atoms with E-state index in [1.807, 2.05) is 37.3 Å². The number of hydrogen-bond acceptors (Lipinski definition) is 11. The van der Waals surface area contributed by atoms with Gasteiger partial charge in [0.25, 0.3) is 0 Å². The summed E-state index contributed by atoms with van der Waals surface area (Å²) in [5.74, 6) is 1.59. The number of amides is 1. The first-order valence-corrected chi connectivity index (χ1v) is 13.9. The fourth-order valence-electron chi connectivity index (χ4n) is 4.88. The Balaban J connectivity index is 1.11. The average molecular weight is 592 g/mol. The van der Waals surface area contributed by atoms with Gasteiger partial charge in [-0.25, -0.2) is 14.6 Å². The molecule has 2 aliphatic heterocycles. The summed E-state index contributed by atoms with van der Waals surface area (Å²) in [4.78, 5) is 25.8. The molecule has 0 bridgehead atoms. The van der Waals surface area contributed by atoms with Crippen molar-refractivity contribution in [2.75, 3.05) is 50.2 Å². The van der Waals surface area contributed by atoms with Crippen molar-refractivity contribution >= 4 is 34.8 Å². The van der Waals surface area contributed by atoms with E-state index in [-0.39, 0.29) is 12.0 Å². The Labute approximate surface area is 247 Å². The Bertz CT molecular complexity index is 1530. The van der Waals surface area contributed by atoms with Crippen LogP contribution in [0.15, 0.2) is 55.1 Å². The van der Waals surface area contributed by atoms with Crippen LogP contribution in [0.2, 0.25) is 5.02 Å². The van der Waals surface area contributed by atoms with Crippen LogP contribution in [0.25, 0.3) is 11.1 Å². The highest BCUT2D eigenvalue weighted by molar-refractivity contribution is 6.32. The smallest absolute Gasteiger partial charge is 0.241 e. The molecule has 2 saturated heterocycles. The second-order valence-electron chi connectivity index (χ2n) is 10.1. The van der Waals surface area contributed by atoms with E-state index < -0.39 is 0 Å². The number of ether oxygens (including phenoxy) is 3. The molecule has 1 N–H and O–H groups in total. The van der Waals surface area contributed by atoms with E-state index in [0.717, 1.165) is 23.4 Å². The highest BCUT2D eigenvalue weighted by Crippen LogP contribution is 2.34. The van der Waals surface area contributed by atoms with Crippen molar-refractivity contribution in [3.8, 4) is 22.6 Å². The Morgan fingerprint density at radius 2 is 1.93 bits per heavy atom. The molecule has 14 heteroatoms. The van der Waals surface area contributed by atoms with Gasteiger partial charge in [-0.3, -0.25) is 9.69 Å². The van der Waals surface area contributed by atoms with Crippen molar-refractivity contribution in [1.29, 1.82) is 0 Å². The highest BCUT2D eigenvalue weighted by atomic mass is 35.5. The van der Waals surface area contributed by atoms with Crippen LogP contribution in [-0.2, 0) is 16.1 Å². The number of carbonyl (C=O) groups excluding carboxylic acids is 1. The maximum atomic E-state index is 12.9. The number of tetrazole rings is 1. The topological polar surface area (TPSA) is 133 Å². The molecule has 1 amide bonds. The molecule has 6 rings (SSSR count). The fraction of sp³-hybridized carbons (Fsp3) is 0.357. The van der Waals surface area contributed by atoms with E-state index in [0.29, 0.717) is 67.0 Å². The third kappa shape index (κ3) is 6.12. The van der Waals surface area contributed by atoms with E-state index in [4.69, 9.17) is 25.8 Å². The van der Waals surface area contributed by atoms with Crippen molar-refractivity contribution < 1.29 is 19.0 Å². The molecule has 218 valence electrons. The molecule has 0 aliphatic carbocycles. The molecule has 13 nitrogen and oxygen atoms in total. The zero-order valence-corrected chi connectivity index (χ0v) is 23.9.